The Bertz CT molecular complexity index is 886. The predicted molar refractivity (Wildman–Crippen MR) is 121 cm³/mol. The number of carbonyl (C=O) groups is 1. The summed E-state index contributed by atoms with van der Waals surface area (Å²) in [7, 11) is 0. The number of hydrogen-bond acceptors (Lipinski definition) is 5. The first-order valence-electron chi connectivity index (χ1n) is 11.0. The Kier molecular flexibility index (Phi) is 7.05. The molecule has 8 nitrogen and oxygen atoms in total. The van der Waals surface area contributed by atoms with E-state index in [9.17, 15) is 10.1 Å². The Labute approximate surface area is 188 Å². The van der Waals surface area contributed by atoms with Crippen LogP contribution in [0.25, 0.3) is 0 Å². The number of halogens is 1. The fourth-order valence-corrected chi connectivity index (χ4v) is 4.58. The Morgan fingerprint density at radius 1 is 1.19 bits per heavy atom. The first-order valence-corrected chi connectivity index (χ1v) is 11.4. The number of hydrazone groups is 1. The highest BCUT2D eigenvalue weighted by molar-refractivity contribution is 6.30. The van der Waals surface area contributed by atoms with Gasteiger partial charge in [-0.15, -0.1) is 0 Å². The summed E-state index contributed by atoms with van der Waals surface area (Å²) >= 11 is 6.06. The number of amides is 1. The van der Waals surface area contributed by atoms with Gasteiger partial charge in [-0.3, -0.25) is 10.1 Å². The molecule has 1 aromatic rings. The van der Waals surface area contributed by atoms with Crippen LogP contribution in [0.3, 0.4) is 0 Å². The van der Waals surface area contributed by atoms with Crippen LogP contribution in [0.15, 0.2) is 34.4 Å². The molecule has 0 saturated carbocycles. The zero-order chi connectivity index (χ0) is 21.6. The normalized spacial score (nSPS) is 22.6. The average molecular weight is 442 g/mol. The van der Waals surface area contributed by atoms with E-state index in [-0.39, 0.29) is 11.9 Å². The molecule has 164 valence electrons. The smallest absolute Gasteiger partial charge is 0.228 e. The highest BCUT2D eigenvalue weighted by Crippen LogP contribution is 2.24. The topological polar surface area (TPSA) is 87.3 Å². The molecule has 0 aliphatic carbocycles. The van der Waals surface area contributed by atoms with Crippen molar-refractivity contribution in [2.45, 2.75) is 38.1 Å². The molecule has 1 aromatic carbocycles. The van der Waals surface area contributed by atoms with Crippen molar-refractivity contribution in [1.82, 2.24) is 20.1 Å². The number of rotatable bonds is 5. The minimum absolute atomic E-state index is 0.144. The Hall–Kier alpha value is -2.63. The second-order valence-electron chi connectivity index (χ2n) is 8.13. The lowest BCUT2D eigenvalue weighted by Gasteiger charge is -2.26. The lowest BCUT2D eigenvalue weighted by Crippen LogP contribution is -2.46. The predicted octanol–water partition coefficient (Wildman–Crippen LogP) is 2.26. The maximum absolute atomic E-state index is 12.5. The number of nitrogens with zero attached hydrogens (tertiary/aromatic N) is 6. The minimum atomic E-state index is -0.177. The van der Waals surface area contributed by atoms with Gasteiger partial charge in [-0.25, -0.2) is 10.0 Å². The van der Waals surface area contributed by atoms with Gasteiger partial charge in [-0.1, -0.05) is 30.2 Å². The van der Waals surface area contributed by atoms with Crippen molar-refractivity contribution in [1.29, 1.82) is 5.26 Å². The molecule has 3 aliphatic rings. The van der Waals surface area contributed by atoms with Gasteiger partial charge >= 0.3 is 0 Å². The molecule has 31 heavy (non-hydrogen) atoms. The van der Waals surface area contributed by atoms with Crippen LogP contribution in [0.2, 0.25) is 5.02 Å². The van der Waals surface area contributed by atoms with E-state index in [0.29, 0.717) is 30.5 Å². The number of carbonyl (C=O) groups excluding carboxylic acids is 1. The molecule has 2 fully saturated rings. The molecule has 3 heterocycles. The van der Waals surface area contributed by atoms with Crippen molar-refractivity contribution < 1.29 is 4.79 Å². The van der Waals surface area contributed by atoms with Crippen molar-refractivity contribution in [2.24, 2.45) is 10.1 Å². The molecule has 0 aromatic heterocycles. The van der Waals surface area contributed by atoms with E-state index < -0.39 is 0 Å². The van der Waals surface area contributed by atoms with Crippen molar-refractivity contribution in [2.75, 3.05) is 39.3 Å². The zero-order valence-electron chi connectivity index (χ0n) is 17.6. The first kappa shape index (κ1) is 21.6. The second kappa shape index (κ2) is 10.1. The van der Waals surface area contributed by atoms with Crippen LogP contribution in [0.1, 0.15) is 37.7 Å². The van der Waals surface area contributed by atoms with E-state index in [4.69, 9.17) is 16.7 Å². The van der Waals surface area contributed by atoms with Crippen LogP contribution < -0.4 is 5.32 Å². The molecule has 3 aliphatic heterocycles. The summed E-state index contributed by atoms with van der Waals surface area (Å²) in [4.78, 5) is 21.4. The van der Waals surface area contributed by atoms with E-state index in [1.165, 1.54) is 19.3 Å². The highest BCUT2D eigenvalue weighted by atomic mass is 35.5. The summed E-state index contributed by atoms with van der Waals surface area (Å²) in [6.45, 7) is 4.88. The quantitative estimate of drug-likeness (QED) is 0.328. The average Bonchev–Trinajstić information content (AvgIpc) is 3.40. The minimum Gasteiger partial charge on any atom is -0.332 e. The van der Waals surface area contributed by atoms with Crippen molar-refractivity contribution in [3.05, 3.63) is 34.9 Å². The molecule has 1 N–H and O–H groups in total. The van der Waals surface area contributed by atoms with E-state index >= 15 is 0 Å². The second-order valence-corrected chi connectivity index (χ2v) is 8.56. The van der Waals surface area contributed by atoms with Gasteiger partial charge in [-0.2, -0.15) is 10.4 Å². The standard InChI is InChI=1S/C22H28ClN7O/c23-18-8-6-17(7-9-18)21-19(29-13-4-5-20(29)31)15-30(27-21)22(26-16-24)25-10-14-28-11-2-1-3-12-28/h6-9,19H,1-5,10-15H2,(H,25,26). The summed E-state index contributed by atoms with van der Waals surface area (Å²) in [6, 6.07) is 7.31. The third kappa shape index (κ3) is 5.17. The summed E-state index contributed by atoms with van der Waals surface area (Å²) in [6.07, 6.45) is 7.18. The number of aliphatic imine (C=N–C) groups is 1. The summed E-state index contributed by atoms with van der Waals surface area (Å²) < 4.78 is 0. The molecule has 1 unspecified atom stereocenters. The number of guanidine groups is 1. The molecule has 2 saturated heterocycles. The van der Waals surface area contributed by atoms with Gasteiger partial charge in [0.1, 0.15) is 0 Å². The van der Waals surface area contributed by atoms with Crippen LogP contribution in [0, 0.1) is 11.5 Å². The molecule has 9 heteroatoms. The summed E-state index contributed by atoms with van der Waals surface area (Å²) in [5.74, 6) is 0.575. The monoisotopic (exact) mass is 441 g/mol. The SMILES string of the molecule is N#CNC(=NCCN1CCCCC1)N1CC(N2CCCC2=O)C(c2ccc(Cl)cc2)=N1. The van der Waals surface area contributed by atoms with Crippen LogP contribution in [0.5, 0.6) is 0 Å². The van der Waals surface area contributed by atoms with Crippen LogP contribution in [0.4, 0.5) is 0 Å². The van der Waals surface area contributed by atoms with E-state index in [1.54, 1.807) is 5.01 Å². The highest BCUT2D eigenvalue weighted by Gasteiger charge is 2.38. The van der Waals surface area contributed by atoms with Gasteiger partial charge in [0, 0.05) is 30.1 Å². The van der Waals surface area contributed by atoms with Crippen molar-refractivity contribution in [3.8, 4) is 6.19 Å². The molecular weight excluding hydrogens is 414 g/mol. The van der Waals surface area contributed by atoms with Gasteiger partial charge in [0.25, 0.3) is 0 Å². The lowest BCUT2D eigenvalue weighted by atomic mass is 10.0. The molecule has 0 radical (unpaired) electrons. The Morgan fingerprint density at radius 2 is 1.97 bits per heavy atom. The number of likely N-dealkylation sites (tertiary alicyclic amines) is 2. The van der Waals surface area contributed by atoms with Crippen LogP contribution >= 0.6 is 11.6 Å². The molecule has 0 bridgehead atoms. The fraction of sp³-hybridized carbons (Fsp3) is 0.545. The van der Waals surface area contributed by atoms with E-state index in [1.807, 2.05) is 35.4 Å². The van der Waals surface area contributed by atoms with Gasteiger partial charge in [0.15, 0.2) is 6.19 Å². The number of hydrogen-bond donors (Lipinski definition) is 1. The van der Waals surface area contributed by atoms with Gasteiger partial charge in [0.05, 0.1) is 24.8 Å². The Morgan fingerprint density at radius 3 is 2.65 bits per heavy atom. The van der Waals surface area contributed by atoms with Gasteiger partial charge in [-0.05, 0) is 44.5 Å². The first-order chi connectivity index (χ1) is 15.2. The maximum atomic E-state index is 12.5. The van der Waals surface area contributed by atoms with Crippen molar-refractivity contribution in [3.63, 3.8) is 0 Å². The number of benzene rings is 1. The largest absolute Gasteiger partial charge is 0.332 e. The van der Waals surface area contributed by atoms with Gasteiger partial charge < -0.3 is 9.80 Å². The number of piperidine rings is 1. The number of nitriles is 1. The fourth-order valence-electron chi connectivity index (χ4n) is 4.45. The molecule has 0 spiro atoms. The third-order valence-electron chi connectivity index (χ3n) is 6.05. The maximum Gasteiger partial charge on any atom is 0.228 e. The lowest BCUT2D eigenvalue weighted by molar-refractivity contribution is -0.128. The van der Waals surface area contributed by atoms with Gasteiger partial charge in [0.2, 0.25) is 11.9 Å². The van der Waals surface area contributed by atoms with E-state index in [2.05, 4.69) is 15.2 Å². The van der Waals surface area contributed by atoms with E-state index in [0.717, 1.165) is 43.9 Å². The molecule has 4 rings (SSSR count). The molecule has 1 amide bonds. The van der Waals surface area contributed by atoms with Crippen molar-refractivity contribution >= 4 is 29.2 Å². The summed E-state index contributed by atoms with van der Waals surface area (Å²) in [5, 5.41) is 19.1. The molecular formula is C22H28ClN7O. The third-order valence-corrected chi connectivity index (χ3v) is 6.31. The van der Waals surface area contributed by atoms with Crippen LogP contribution in [-0.2, 0) is 4.79 Å². The summed E-state index contributed by atoms with van der Waals surface area (Å²) in [5.41, 5.74) is 1.72. The zero-order valence-corrected chi connectivity index (χ0v) is 18.4. The Balaban J connectivity index is 1.54. The molecule has 1 atom stereocenters. The number of nitrogens with one attached hydrogen (secondary N) is 1. The van der Waals surface area contributed by atoms with Crippen LogP contribution in [-0.4, -0.2) is 77.7 Å².